The summed E-state index contributed by atoms with van der Waals surface area (Å²) in [4.78, 5) is 18.2. The van der Waals surface area contributed by atoms with Crippen LogP contribution in [-0.4, -0.2) is 42.9 Å². The molecule has 0 aliphatic carbocycles. The van der Waals surface area contributed by atoms with E-state index >= 15 is 0 Å². The summed E-state index contributed by atoms with van der Waals surface area (Å²) in [6.07, 6.45) is 0.977. The maximum atomic E-state index is 9.10. The molecule has 0 fully saturated rings. The highest BCUT2D eigenvalue weighted by molar-refractivity contribution is 7.07. The number of aliphatic carboxylic acids is 2. The Balaban J connectivity index is 0.000000450. The number of rotatable bonds is 7. The van der Waals surface area contributed by atoms with E-state index in [0.717, 1.165) is 31.0 Å². The van der Waals surface area contributed by atoms with Gasteiger partial charge in [0, 0.05) is 6.54 Å². The van der Waals surface area contributed by atoms with E-state index in [2.05, 4.69) is 28.2 Å². The molecule has 1 heterocycles. The minimum atomic E-state index is -1.82. The summed E-state index contributed by atoms with van der Waals surface area (Å²) < 4.78 is 10.5. The fourth-order valence-electron chi connectivity index (χ4n) is 1.89. The zero-order valence-electron chi connectivity index (χ0n) is 14.0. The minimum absolute atomic E-state index is 0.775. The normalized spacial score (nSPS) is 9.68. The molecule has 0 amide bonds. The number of methoxy groups -OCH3 is 2. The molecular weight excluding hydrogens is 346 g/mol. The van der Waals surface area contributed by atoms with Crippen LogP contribution in [0.25, 0.3) is 0 Å². The van der Waals surface area contributed by atoms with Crippen molar-refractivity contribution in [2.45, 2.75) is 13.0 Å². The summed E-state index contributed by atoms with van der Waals surface area (Å²) in [7, 11) is 3.32. The van der Waals surface area contributed by atoms with Crippen LogP contribution in [0.4, 0.5) is 0 Å². The smallest absolute Gasteiger partial charge is 0.414 e. The second-order valence-electron chi connectivity index (χ2n) is 4.86. The molecule has 136 valence electrons. The van der Waals surface area contributed by atoms with E-state index in [1.54, 1.807) is 25.6 Å². The Morgan fingerprint density at radius 2 is 1.72 bits per heavy atom. The van der Waals surface area contributed by atoms with Gasteiger partial charge in [-0.15, -0.1) is 0 Å². The standard InChI is InChI=1S/C15H19NO2S.C2H2O4/c1-17-14-4-3-12(9-15(14)18-2)5-7-16-10-13-6-8-19-11-13;3-1(4)2(5)6/h3-4,6,8-9,11,16H,5,7,10H2,1-2H3;(H,3,4)(H,5,6). The first-order valence-electron chi connectivity index (χ1n) is 7.36. The average molecular weight is 367 g/mol. The van der Waals surface area contributed by atoms with Gasteiger partial charge in [0.05, 0.1) is 14.2 Å². The Morgan fingerprint density at radius 1 is 1.04 bits per heavy atom. The lowest BCUT2D eigenvalue weighted by Gasteiger charge is -2.09. The first kappa shape index (κ1) is 20.5. The number of hydrogen-bond acceptors (Lipinski definition) is 6. The fourth-order valence-corrected chi connectivity index (χ4v) is 2.56. The van der Waals surface area contributed by atoms with Gasteiger partial charge in [-0.05, 0) is 53.1 Å². The molecular formula is C17H21NO6S. The predicted molar refractivity (Wildman–Crippen MR) is 94.5 cm³/mol. The van der Waals surface area contributed by atoms with Gasteiger partial charge in [0.2, 0.25) is 0 Å². The van der Waals surface area contributed by atoms with Crippen molar-refractivity contribution >= 4 is 23.3 Å². The number of carboxylic acid groups (broad SMARTS) is 2. The number of carbonyl (C=O) groups is 2. The summed E-state index contributed by atoms with van der Waals surface area (Å²) in [5.74, 6) is -2.08. The molecule has 2 aromatic rings. The predicted octanol–water partition coefficient (Wildman–Crippen LogP) is 2.25. The van der Waals surface area contributed by atoms with Crippen LogP contribution in [0.2, 0.25) is 0 Å². The molecule has 0 atom stereocenters. The number of hydrogen-bond donors (Lipinski definition) is 3. The zero-order chi connectivity index (χ0) is 18.7. The molecule has 0 saturated heterocycles. The molecule has 0 aliphatic rings. The Bertz CT molecular complexity index is 660. The van der Waals surface area contributed by atoms with E-state index in [4.69, 9.17) is 29.3 Å². The van der Waals surface area contributed by atoms with E-state index in [1.807, 2.05) is 12.1 Å². The second-order valence-corrected chi connectivity index (χ2v) is 5.64. The molecule has 2 rings (SSSR count). The van der Waals surface area contributed by atoms with Crippen molar-refractivity contribution in [1.82, 2.24) is 5.32 Å². The molecule has 0 aliphatic heterocycles. The maximum Gasteiger partial charge on any atom is 0.414 e. The molecule has 0 spiro atoms. The Morgan fingerprint density at radius 3 is 2.24 bits per heavy atom. The molecule has 0 saturated carbocycles. The highest BCUT2D eigenvalue weighted by Gasteiger charge is 2.04. The second kappa shape index (κ2) is 11.1. The Labute approximate surface area is 149 Å². The maximum absolute atomic E-state index is 9.10. The van der Waals surface area contributed by atoms with Gasteiger partial charge in [0.15, 0.2) is 11.5 Å². The topological polar surface area (TPSA) is 105 Å². The summed E-state index contributed by atoms with van der Waals surface area (Å²) in [5, 5.41) is 22.5. The van der Waals surface area contributed by atoms with Gasteiger partial charge in [-0.3, -0.25) is 0 Å². The lowest BCUT2D eigenvalue weighted by molar-refractivity contribution is -0.159. The monoisotopic (exact) mass is 367 g/mol. The van der Waals surface area contributed by atoms with Gasteiger partial charge in [-0.25, -0.2) is 9.59 Å². The van der Waals surface area contributed by atoms with Gasteiger partial charge in [0.25, 0.3) is 0 Å². The molecule has 3 N–H and O–H groups in total. The van der Waals surface area contributed by atoms with Crippen LogP contribution in [0.3, 0.4) is 0 Å². The van der Waals surface area contributed by atoms with Crippen LogP contribution in [0, 0.1) is 0 Å². The Hall–Kier alpha value is -2.58. The van der Waals surface area contributed by atoms with Crippen molar-refractivity contribution < 1.29 is 29.3 Å². The summed E-state index contributed by atoms with van der Waals surface area (Å²) in [6, 6.07) is 8.21. The van der Waals surface area contributed by atoms with Crippen molar-refractivity contribution in [3.63, 3.8) is 0 Å². The minimum Gasteiger partial charge on any atom is -0.493 e. The SMILES string of the molecule is COc1ccc(CCNCc2ccsc2)cc1OC.O=C(O)C(=O)O. The van der Waals surface area contributed by atoms with Crippen LogP contribution in [0.15, 0.2) is 35.0 Å². The molecule has 1 aromatic carbocycles. The Kier molecular flexibility index (Phi) is 9.05. The highest BCUT2D eigenvalue weighted by Crippen LogP contribution is 2.27. The molecule has 0 bridgehead atoms. The molecule has 0 radical (unpaired) electrons. The third-order valence-electron chi connectivity index (χ3n) is 3.13. The molecule has 8 heteroatoms. The molecule has 7 nitrogen and oxygen atoms in total. The van der Waals surface area contributed by atoms with Crippen LogP contribution in [-0.2, 0) is 22.6 Å². The van der Waals surface area contributed by atoms with Crippen LogP contribution < -0.4 is 14.8 Å². The molecule has 0 unspecified atom stereocenters. The first-order valence-corrected chi connectivity index (χ1v) is 8.31. The first-order chi connectivity index (χ1) is 12.0. The lowest BCUT2D eigenvalue weighted by atomic mass is 10.1. The van der Waals surface area contributed by atoms with Gasteiger partial charge >= 0.3 is 11.9 Å². The summed E-state index contributed by atoms with van der Waals surface area (Å²) >= 11 is 1.73. The lowest BCUT2D eigenvalue weighted by Crippen LogP contribution is -2.16. The van der Waals surface area contributed by atoms with Gasteiger partial charge in [0.1, 0.15) is 0 Å². The van der Waals surface area contributed by atoms with Gasteiger partial charge in [-0.1, -0.05) is 6.07 Å². The van der Waals surface area contributed by atoms with Crippen molar-refractivity contribution in [3.8, 4) is 11.5 Å². The fraction of sp³-hybridized carbons (Fsp3) is 0.294. The van der Waals surface area contributed by atoms with Crippen LogP contribution in [0.1, 0.15) is 11.1 Å². The number of ether oxygens (including phenoxy) is 2. The average Bonchev–Trinajstić information content (AvgIpc) is 3.12. The van der Waals surface area contributed by atoms with E-state index < -0.39 is 11.9 Å². The van der Waals surface area contributed by atoms with E-state index in [9.17, 15) is 0 Å². The summed E-state index contributed by atoms with van der Waals surface area (Å²) in [6.45, 7) is 1.88. The molecule has 1 aromatic heterocycles. The van der Waals surface area contributed by atoms with Crippen molar-refractivity contribution in [3.05, 3.63) is 46.2 Å². The highest BCUT2D eigenvalue weighted by atomic mass is 32.1. The van der Waals surface area contributed by atoms with E-state index in [-0.39, 0.29) is 0 Å². The third kappa shape index (κ3) is 7.69. The van der Waals surface area contributed by atoms with E-state index in [0.29, 0.717) is 0 Å². The van der Waals surface area contributed by atoms with Crippen LogP contribution in [0.5, 0.6) is 11.5 Å². The zero-order valence-corrected chi connectivity index (χ0v) is 14.8. The van der Waals surface area contributed by atoms with Crippen molar-refractivity contribution in [2.24, 2.45) is 0 Å². The molecule has 25 heavy (non-hydrogen) atoms. The van der Waals surface area contributed by atoms with Crippen LogP contribution >= 0.6 is 11.3 Å². The third-order valence-corrected chi connectivity index (χ3v) is 3.86. The van der Waals surface area contributed by atoms with Gasteiger partial charge < -0.3 is 25.0 Å². The summed E-state index contributed by atoms with van der Waals surface area (Å²) in [5.41, 5.74) is 2.59. The van der Waals surface area contributed by atoms with Crippen molar-refractivity contribution in [2.75, 3.05) is 20.8 Å². The van der Waals surface area contributed by atoms with Gasteiger partial charge in [-0.2, -0.15) is 11.3 Å². The number of carboxylic acids is 2. The number of thiophene rings is 1. The number of nitrogens with one attached hydrogen (secondary N) is 1. The largest absolute Gasteiger partial charge is 0.493 e. The quantitative estimate of drug-likeness (QED) is 0.509. The van der Waals surface area contributed by atoms with E-state index in [1.165, 1.54) is 11.1 Å². The number of benzene rings is 1. The van der Waals surface area contributed by atoms with Crippen molar-refractivity contribution in [1.29, 1.82) is 0 Å².